The van der Waals surface area contributed by atoms with E-state index in [4.69, 9.17) is 4.74 Å². The minimum Gasteiger partial charge on any atom is -0.469 e. The summed E-state index contributed by atoms with van der Waals surface area (Å²) in [6.45, 7) is 9.32. The Kier molecular flexibility index (Phi) is 6.03. The van der Waals surface area contributed by atoms with Crippen LogP contribution in [0.3, 0.4) is 0 Å². The smallest absolute Gasteiger partial charge is 0.307 e. The van der Waals surface area contributed by atoms with E-state index in [2.05, 4.69) is 45.1 Å². The van der Waals surface area contributed by atoms with E-state index in [1.54, 1.807) is 0 Å². The van der Waals surface area contributed by atoms with E-state index < -0.39 is 0 Å². The fourth-order valence-electron chi connectivity index (χ4n) is 2.59. The van der Waals surface area contributed by atoms with Crippen LogP contribution in [0.2, 0.25) is 0 Å². The second-order valence-corrected chi connectivity index (χ2v) is 5.10. The van der Waals surface area contributed by atoms with Gasteiger partial charge in [0.1, 0.15) is 0 Å². The largest absolute Gasteiger partial charge is 0.469 e. The molecule has 0 aliphatic rings. The molecule has 1 atom stereocenters. The van der Waals surface area contributed by atoms with Crippen molar-refractivity contribution in [1.29, 1.82) is 0 Å². The van der Waals surface area contributed by atoms with Crippen LogP contribution in [0.4, 0.5) is 0 Å². The number of methoxy groups -OCH3 is 1. The minimum absolute atomic E-state index is 0.0352. The molecule has 0 aromatic heterocycles. The average Bonchev–Trinajstić information content (AvgIpc) is 2.34. The Bertz CT molecular complexity index is 417. The van der Waals surface area contributed by atoms with Crippen molar-refractivity contribution in [3.8, 4) is 0 Å². The zero-order chi connectivity index (χ0) is 14.4. The van der Waals surface area contributed by atoms with Gasteiger partial charge in [-0.3, -0.25) is 4.79 Å². The molecular weight excluding hydrogens is 238 g/mol. The number of esters is 1. The first kappa shape index (κ1) is 15.7. The average molecular weight is 263 g/mol. The molecule has 1 rings (SSSR count). The Morgan fingerprint density at radius 1 is 1.26 bits per heavy atom. The van der Waals surface area contributed by atoms with E-state index in [0.29, 0.717) is 6.42 Å². The lowest BCUT2D eigenvalue weighted by Gasteiger charge is -2.22. The van der Waals surface area contributed by atoms with E-state index in [1.165, 1.54) is 29.4 Å². The van der Waals surface area contributed by atoms with Gasteiger partial charge >= 0.3 is 5.97 Å². The van der Waals surface area contributed by atoms with Crippen molar-refractivity contribution in [2.24, 2.45) is 0 Å². The lowest BCUT2D eigenvalue weighted by Crippen LogP contribution is -2.26. The second kappa shape index (κ2) is 7.29. The molecule has 0 spiro atoms. The van der Waals surface area contributed by atoms with Gasteiger partial charge in [0, 0.05) is 6.04 Å². The number of hydrogen-bond acceptors (Lipinski definition) is 3. The molecule has 0 heterocycles. The summed E-state index contributed by atoms with van der Waals surface area (Å²) in [4.78, 5) is 11.6. The van der Waals surface area contributed by atoms with Crippen LogP contribution in [0.15, 0.2) is 12.1 Å². The van der Waals surface area contributed by atoms with E-state index >= 15 is 0 Å². The second-order valence-electron chi connectivity index (χ2n) is 5.10. The van der Waals surface area contributed by atoms with E-state index in [9.17, 15) is 4.79 Å². The number of ether oxygens (including phenoxy) is 1. The highest BCUT2D eigenvalue weighted by molar-refractivity contribution is 5.70. The Labute approximate surface area is 116 Å². The molecule has 1 aromatic carbocycles. The zero-order valence-corrected chi connectivity index (χ0v) is 12.7. The van der Waals surface area contributed by atoms with Gasteiger partial charge in [-0.15, -0.1) is 0 Å². The molecule has 3 heteroatoms. The van der Waals surface area contributed by atoms with Crippen molar-refractivity contribution >= 4 is 5.97 Å². The number of benzene rings is 1. The van der Waals surface area contributed by atoms with Crippen LogP contribution in [0, 0.1) is 20.8 Å². The molecule has 0 saturated carbocycles. The maximum atomic E-state index is 11.6. The molecule has 0 amide bonds. The van der Waals surface area contributed by atoms with Crippen molar-refractivity contribution in [3.63, 3.8) is 0 Å². The van der Waals surface area contributed by atoms with Crippen LogP contribution in [0.5, 0.6) is 0 Å². The third-order valence-electron chi connectivity index (χ3n) is 3.33. The number of aryl methyl sites for hydroxylation is 3. The van der Waals surface area contributed by atoms with Gasteiger partial charge in [0.2, 0.25) is 0 Å². The Morgan fingerprint density at radius 2 is 1.84 bits per heavy atom. The summed E-state index contributed by atoms with van der Waals surface area (Å²) in [5.41, 5.74) is 4.94. The van der Waals surface area contributed by atoms with Crippen molar-refractivity contribution in [1.82, 2.24) is 5.32 Å². The van der Waals surface area contributed by atoms with Gasteiger partial charge in [-0.1, -0.05) is 24.6 Å². The van der Waals surface area contributed by atoms with Crippen LogP contribution in [-0.2, 0) is 9.53 Å². The minimum atomic E-state index is -0.173. The lowest BCUT2D eigenvalue weighted by molar-refractivity contribution is -0.141. The highest BCUT2D eigenvalue weighted by Crippen LogP contribution is 2.26. The van der Waals surface area contributed by atoms with Gasteiger partial charge < -0.3 is 10.1 Å². The first-order valence-electron chi connectivity index (χ1n) is 6.87. The highest BCUT2D eigenvalue weighted by Gasteiger charge is 2.19. The van der Waals surface area contributed by atoms with Gasteiger partial charge in [0.25, 0.3) is 0 Å². The lowest BCUT2D eigenvalue weighted by atomic mass is 9.92. The molecule has 0 aliphatic carbocycles. The van der Waals surface area contributed by atoms with Crippen LogP contribution in [0.25, 0.3) is 0 Å². The number of hydrogen-bond donors (Lipinski definition) is 1. The summed E-state index contributed by atoms with van der Waals surface area (Å²) in [6, 6.07) is 4.37. The van der Waals surface area contributed by atoms with Gasteiger partial charge in [0.05, 0.1) is 13.5 Å². The normalized spacial score (nSPS) is 12.3. The SMILES string of the molecule is CCCNC(CC(=O)OC)c1c(C)cc(C)cc1C. The topological polar surface area (TPSA) is 38.3 Å². The third-order valence-corrected chi connectivity index (χ3v) is 3.33. The third kappa shape index (κ3) is 4.35. The first-order valence-corrected chi connectivity index (χ1v) is 6.87. The van der Waals surface area contributed by atoms with Crippen molar-refractivity contribution < 1.29 is 9.53 Å². The summed E-state index contributed by atoms with van der Waals surface area (Å²) >= 11 is 0. The Morgan fingerprint density at radius 3 is 2.32 bits per heavy atom. The van der Waals surface area contributed by atoms with Crippen LogP contribution >= 0.6 is 0 Å². The monoisotopic (exact) mass is 263 g/mol. The summed E-state index contributed by atoms with van der Waals surface area (Å²) in [6.07, 6.45) is 1.42. The number of carbonyl (C=O) groups is 1. The summed E-state index contributed by atoms with van der Waals surface area (Å²) < 4.78 is 4.81. The predicted octanol–water partition coefficient (Wildman–Crippen LogP) is 3.22. The summed E-state index contributed by atoms with van der Waals surface area (Å²) in [5, 5.41) is 3.45. The number of carbonyl (C=O) groups excluding carboxylic acids is 1. The molecule has 19 heavy (non-hydrogen) atoms. The van der Waals surface area contributed by atoms with Crippen LogP contribution < -0.4 is 5.32 Å². The van der Waals surface area contributed by atoms with E-state index in [1.807, 2.05) is 0 Å². The standard InChI is InChI=1S/C16H25NO2/c1-6-7-17-14(10-15(18)19-5)16-12(3)8-11(2)9-13(16)4/h8-9,14,17H,6-7,10H2,1-5H3. The number of rotatable bonds is 6. The predicted molar refractivity (Wildman–Crippen MR) is 78.3 cm³/mol. The Hall–Kier alpha value is -1.35. The molecule has 3 nitrogen and oxygen atoms in total. The first-order chi connectivity index (χ1) is 8.99. The van der Waals surface area contributed by atoms with Crippen molar-refractivity contribution in [3.05, 3.63) is 34.4 Å². The molecule has 0 saturated heterocycles. The van der Waals surface area contributed by atoms with Crippen LogP contribution in [0.1, 0.15) is 48.1 Å². The van der Waals surface area contributed by atoms with Gasteiger partial charge in [-0.2, -0.15) is 0 Å². The summed E-state index contributed by atoms with van der Waals surface area (Å²) in [7, 11) is 1.44. The van der Waals surface area contributed by atoms with Crippen molar-refractivity contribution in [2.45, 2.75) is 46.6 Å². The molecule has 1 aromatic rings. The maximum Gasteiger partial charge on any atom is 0.307 e. The van der Waals surface area contributed by atoms with Crippen LogP contribution in [-0.4, -0.2) is 19.6 Å². The molecule has 1 N–H and O–H groups in total. The fraction of sp³-hybridized carbons (Fsp3) is 0.562. The zero-order valence-electron chi connectivity index (χ0n) is 12.7. The van der Waals surface area contributed by atoms with Gasteiger partial charge in [-0.05, 0) is 50.4 Å². The molecule has 0 radical (unpaired) electrons. The fourth-order valence-corrected chi connectivity index (χ4v) is 2.59. The molecule has 106 valence electrons. The van der Waals surface area contributed by atoms with E-state index in [-0.39, 0.29) is 12.0 Å². The maximum absolute atomic E-state index is 11.6. The number of nitrogens with one attached hydrogen (secondary N) is 1. The molecule has 1 unspecified atom stereocenters. The quantitative estimate of drug-likeness (QED) is 0.801. The molecule has 0 aliphatic heterocycles. The van der Waals surface area contributed by atoms with Crippen molar-refractivity contribution in [2.75, 3.05) is 13.7 Å². The van der Waals surface area contributed by atoms with Gasteiger partial charge in [0.15, 0.2) is 0 Å². The molecule has 0 fully saturated rings. The highest BCUT2D eigenvalue weighted by atomic mass is 16.5. The summed E-state index contributed by atoms with van der Waals surface area (Å²) in [5.74, 6) is -0.173. The van der Waals surface area contributed by atoms with Gasteiger partial charge in [-0.25, -0.2) is 0 Å². The Balaban J connectivity index is 3.05. The van der Waals surface area contributed by atoms with E-state index in [0.717, 1.165) is 13.0 Å². The molecule has 0 bridgehead atoms. The molecular formula is C16H25NO2.